The minimum Gasteiger partial charge on any atom is -0.481 e. The predicted octanol–water partition coefficient (Wildman–Crippen LogP) is 2.68. The molecule has 3 aliphatic rings. The molecule has 1 saturated carbocycles. The highest BCUT2D eigenvalue weighted by Gasteiger charge is 2.55. The van der Waals surface area contributed by atoms with Crippen molar-refractivity contribution in [3.05, 3.63) is 35.4 Å². The number of rotatable bonds is 5. The van der Waals surface area contributed by atoms with Gasteiger partial charge in [0.05, 0.1) is 5.41 Å². The van der Waals surface area contributed by atoms with Crippen molar-refractivity contribution in [2.24, 2.45) is 11.3 Å². The van der Waals surface area contributed by atoms with Gasteiger partial charge in [-0.25, -0.2) is 4.79 Å². The Bertz CT molecular complexity index is 699. The number of urea groups is 1. The number of likely N-dealkylation sites (tertiary alicyclic amines) is 2. The molecule has 3 fully saturated rings. The molecule has 2 saturated heterocycles. The number of nitrogens with zero attached hydrogens (tertiary/aromatic N) is 2. The molecule has 2 N–H and O–H groups in total. The molecule has 1 aromatic carbocycles. The highest BCUT2D eigenvalue weighted by atomic mass is 16.4. The number of carbonyl (C=O) groups is 2. The Balaban J connectivity index is 1.29. The Morgan fingerprint density at radius 1 is 1.11 bits per heavy atom. The van der Waals surface area contributed by atoms with E-state index >= 15 is 0 Å². The van der Waals surface area contributed by atoms with E-state index in [1.54, 1.807) is 4.90 Å². The maximum absolute atomic E-state index is 12.5. The van der Waals surface area contributed by atoms with Gasteiger partial charge in [-0.3, -0.25) is 9.69 Å². The van der Waals surface area contributed by atoms with Gasteiger partial charge in [0.2, 0.25) is 0 Å². The van der Waals surface area contributed by atoms with Gasteiger partial charge in [-0.2, -0.15) is 0 Å². The Morgan fingerprint density at radius 2 is 1.81 bits per heavy atom. The number of hydrogen-bond donors (Lipinski definition) is 2. The molecule has 146 valence electrons. The second kappa shape index (κ2) is 7.50. The summed E-state index contributed by atoms with van der Waals surface area (Å²) in [5.41, 5.74) is 1.66. The first kappa shape index (κ1) is 18.3. The molecule has 0 unspecified atom stereocenters. The molecule has 6 heteroatoms. The molecule has 0 spiro atoms. The van der Waals surface area contributed by atoms with Crippen LogP contribution in [-0.2, 0) is 17.9 Å². The van der Waals surface area contributed by atoms with Crippen LogP contribution in [0.15, 0.2) is 24.3 Å². The Morgan fingerprint density at radius 3 is 2.48 bits per heavy atom. The zero-order valence-electron chi connectivity index (χ0n) is 15.8. The molecule has 2 heterocycles. The molecular formula is C21H29N3O3. The third-order valence-corrected chi connectivity index (χ3v) is 6.66. The van der Waals surface area contributed by atoms with Crippen molar-refractivity contribution in [1.82, 2.24) is 15.1 Å². The summed E-state index contributed by atoms with van der Waals surface area (Å²) in [4.78, 5) is 28.4. The van der Waals surface area contributed by atoms with Crippen LogP contribution in [0.2, 0.25) is 0 Å². The van der Waals surface area contributed by atoms with Crippen molar-refractivity contribution in [2.75, 3.05) is 26.2 Å². The zero-order valence-corrected chi connectivity index (χ0v) is 15.8. The van der Waals surface area contributed by atoms with Gasteiger partial charge in [-0.1, -0.05) is 30.7 Å². The molecule has 2 atom stereocenters. The Labute approximate surface area is 160 Å². The molecule has 4 rings (SSSR count). The maximum atomic E-state index is 12.5. The minimum atomic E-state index is -0.742. The molecule has 2 aliphatic heterocycles. The molecule has 0 bridgehead atoms. The van der Waals surface area contributed by atoms with Crippen molar-refractivity contribution >= 4 is 12.0 Å². The second-order valence-electron chi connectivity index (χ2n) is 8.39. The first-order valence-electron chi connectivity index (χ1n) is 10.1. The molecule has 1 aliphatic carbocycles. The topological polar surface area (TPSA) is 72.9 Å². The first-order chi connectivity index (χ1) is 13.1. The third-order valence-electron chi connectivity index (χ3n) is 6.66. The van der Waals surface area contributed by atoms with Crippen molar-refractivity contribution in [3.8, 4) is 0 Å². The van der Waals surface area contributed by atoms with E-state index < -0.39 is 11.4 Å². The molecule has 6 nitrogen and oxygen atoms in total. The summed E-state index contributed by atoms with van der Waals surface area (Å²) in [5.74, 6) is -0.639. The number of aliphatic carboxylic acids is 1. The molecule has 1 aromatic rings. The van der Waals surface area contributed by atoms with Gasteiger partial charge < -0.3 is 15.3 Å². The molecule has 0 radical (unpaired) electrons. The quantitative estimate of drug-likeness (QED) is 0.835. The summed E-state index contributed by atoms with van der Waals surface area (Å²) in [6.07, 6.45) is 5.15. The van der Waals surface area contributed by atoms with Gasteiger partial charge in [0.1, 0.15) is 0 Å². The lowest BCUT2D eigenvalue weighted by atomic mass is 9.81. The van der Waals surface area contributed by atoms with Gasteiger partial charge in [0.15, 0.2) is 0 Å². The van der Waals surface area contributed by atoms with E-state index in [4.69, 9.17) is 0 Å². The van der Waals surface area contributed by atoms with Crippen LogP contribution < -0.4 is 5.32 Å². The van der Waals surface area contributed by atoms with Gasteiger partial charge in [0.25, 0.3) is 0 Å². The molecule has 0 aromatic heterocycles. The monoisotopic (exact) mass is 371 g/mol. The fraction of sp³-hybridized carbons (Fsp3) is 0.619. The van der Waals surface area contributed by atoms with Crippen molar-refractivity contribution < 1.29 is 14.7 Å². The van der Waals surface area contributed by atoms with E-state index in [-0.39, 0.29) is 11.9 Å². The SMILES string of the molecule is O=C(NCc1ccc(CN2CCCC2)cc1)N1C[C@@H]2CCC[C@@]2(C(=O)O)C1. The van der Waals surface area contributed by atoms with Crippen LogP contribution in [0.4, 0.5) is 4.79 Å². The van der Waals surface area contributed by atoms with Crippen molar-refractivity contribution in [1.29, 1.82) is 0 Å². The van der Waals surface area contributed by atoms with Crippen LogP contribution in [0.25, 0.3) is 0 Å². The van der Waals surface area contributed by atoms with Crippen LogP contribution in [0.5, 0.6) is 0 Å². The van der Waals surface area contributed by atoms with E-state index in [1.165, 1.54) is 31.5 Å². The largest absolute Gasteiger partial charge is 0.481 e. The van der Waals surface area contributed by atoms with Gasteiger partial charge in [-0.05, 0) is 55.8 Å². The number of nitrogens with one attached hydrogen (secondary N) is 1. The number of carbonyl (C=O) groups excluding carboxylic acids is 1. The van der Waals surface area contributed by atoms with Gasteiger partial charge in [-0.15, -0.1) is 0 Å². The van der Waals surface area contributed by atoms with Crippen molar-refractivity contribution in [3.63, 3.8) is 0 Å². The van der Waals surface area contributed by atoms with E-state index in [0.29, 0.717) is 26.1 Å². The summed E-state index contributed by atoms with van der Waals surface area (Å²) >= 11 is 0. The Hall–Kier alpha value is -2.08. The lowest BCUT2D eigenvalue weighted by molar-refractivity contribution is -0.149. The van der Waals surface area contributed by atoms with E-state index in [2.05, 4.69) is 34.5 Å². The number of carboxylic acids is 1. The summed E-state index contributed by atoms with van der Waals surface area (Å²) in [5, 5.41) is 12.6. The number of hydrogen-bond acceptors (Lipinski definition) is 3. The van der Waals surface area contributed by atoms with E-state index in [1.807, 2.05) is 0 Å². The zero-order chi connectivity index (χ0) is 18.9. The number of amides is 2. The highest BCUT2D eigenvalue weighted by Crippen LogP contribution is 2.48. The summed E-state index contributed by atoms with van der Waals surface area (Å²) < 4.78 is 0. The molecular weight excluding hydrogens is 342 g/mol. The average Bonchev–Trinajstić information content (AvgIpc) is 3.36. The number of benzene rings is 1. The third kappa shape index (κ3) is 3.68. The van der Waals surface area contributed by atoms with Crippen LogP contribution >= 0.6 is 0 Å². The van der Waals surface area contributed by atoms with Gasteiger partial charge >= 0.3 is 12.0 Å². The standard InChI is InChI=1S/C21H29N3O3/c25-19(26)21-9-3-4-18(21)14-24(15-21)20(27)22-12-16-5-7-17(8-6-16)13-23-10-1-2-11-23/h5-8,18H,1-4,9-15H2,(H,22,27)(H,25,26)/t18-,21+/m0/s1. The lowest BCUT2D eigenvalue weighted by Crippen LogP contribution is -2.41. The van der Waals surface area contributed by atoms with Crippen LogP contribution in [0.3, 0.4) is 0 Å². The normalized spacial score (nSPS) is 27.7. The second-order valence-corrected chi connectivity index (χ2v) is 8.39. The number of carboxylic acid groups (broad SMARTS) is 1. The first-order valence-corrected chi connectivity index (χ1v) is 10.1. The highest BCUT2D eigenvalue weighted by molar-refractivity contribution is 5.80. The summed E-state index contributed by atoms with van der Waals surface area (Å²) in [6, 6.07) is 8.27. The van der Waals surface area contributed by atoms with E-state index in [9.17, 15) is 14.7 Å². The maximum Gasteiger partial charge on any atom is 0.317 e. The van der Waals surface area contributed by atoms with E-state index in [0.717, 1.165) is 24.9 Å². The van der Waals surface area contributed by atoms with Crippen LogP contribution in [0.1, 0.15) is 43.2 Å². The Kier molecular flexibility index (Phi) is 5.08. The molecule has 2 amide bonds. The van der Waals surface area contributed by atoms with Crippen LogP contribution in [-0.4, -0.2) is 53.1 Å². The summed E-state index contributed by atoms with van der Waals surface area (Å²) in [6.45, 7) is 4.75. The lowest BCUT2D eigenvalue weighted by Gasteiger charge is -2.23. The smallest absolute Gasteiger partial charge is 0.317 e. The fourth-order valence-corrected chi connectivity index (χ4v) is 5.04. The molecule has 27 heavy (non-hydrogen) atoms. The minimum absolute atomic E-state index is 0.102. The van der Waals surface area contributed by atoms with Crippen molar-refractivity contribution in [2.45, 2.75) is 45.2 Å². The average molecular weight is 371 g/mol. The fourth-order valence-electron chi connectivity index (χ4n) is 5.04. The van der Waals surface area contributed by atoms with Crippen LogP contribution in [0, 0.1) is 11.3 Å². The summed E-state index contributed by atoms with van der Waals surface area (Å²) in [7, 11) is 0. The predicted molar refractivity (Wildman–Crippen MR) is 102 cm³/mol. The van der Waals surface area contributed by atoms with Gasteiger partial charge in [0, 0.05) is 26.2 Å². The number of fused-ring (bicyclic) bond motifs is 1.